The molecule has 0 aromatic carbocycles. The van der Waals surface area contributed by atoms with E-state index in [1.165, 1.54) is 0 Å². The van der Waals surface area contributed by atoms with E-state index in [4.69, 9.17) is 22.1 Å². The third kappa shape index (κ3) is 1.68. The van der Waals surface area contributed by atoms with Crippen molar-refractivity contribution in [1.82, 2.24) is 4.98 Å². The van der Waals surface area contributed by atoms with Crippen LogP contribution in [0.2, 0.25) is 5.02 Å². The molecule has 0 spiro atoms. The molecule has 1 aromatic rings. The van der Waals surface area contributed by atoms with E-state index in [2.05, 4.69) is 4.98 Å². The zero-order chi connectivity index (χ0) is 9.14. The standard InChI is InChI=1S/C8H11ClN2O/c1-5-8(9)6(4-12-2)7(10)3-11-5/h3H,4,10H2,1-2H3. The minimum atomic E-state index is 0.425. The lowest BCUT2D eigenvalue weighted by Crippen LogP contribution is -2.00. The fraction of sp³-hybridized carbons (Fsp3) is 0.375. The summed E-state index contributed by atoms with van der Waals surface area (Å²) in [5.74, 6) is 0. The molecule has 0 aliphatic heterocycles. The van der Waals surface area contributed by atoms with Gasteiger partial charge in [0.25, 0.3) is 0 Å². The summed E-state index contributed by atoms with van der Waals surface area (Å²) in [5.41, 5.74) is 7.81. The molecule has 0 aliphatic carbocycles. The molecule has 0 amide bonds. The second-order valence-electron chi connectivity index (χ2n) is 2.52. The Kier molecular flexibility index (Phi) is 2.89. The van der Waals surface area contributed by atoms with Gasteiger partial charge in [-0.25, -0.2) is 0 Å². The van der Waals surface area contributed by atoms with Crippen molar-refractivity contribution in [2.24, 2.45) is 0 Å². The van der Waals surface area contributed by atoms with Gasteiger partial charge in [0.2, 0.25) is 0 Å². The summed E-state index contributed by atoms with van der Waals surface area (Å²) in [6, 6.07) is 0. The highest BCUT2D eigenvalue weighted by Gasteiger charge is 2.07. The number of nitrogens with two attached hydrogens (primary N) is 1. The number of ether oxygens (including phenoxy) is 1. The molecule has 1 heterocycles. The molecule has 12 heavy (non-hydrogen) atoms. The number of methoxy groups -OCH3 is 1. The summed E-state index contributed by atoms with van der Waals surface area (Å²) in [5, 5.41) is 0.594. The van der Waals surface area contributed by atoms with E-state index in [1.54, 1.807) is 13.3 Å². The van der Waals surface area contributed by atoms with Gasteiger partial charge in [-0.05, 0) is 6.92 Å². The third-order valence-electron chi connectivity index (χ3n) is 1.62. The number of aryl methyl sites for hydroxylation is 1. The molecule has 2 N–H and O–H groups in total. The molecule has 3 nitrogen and oxygen atoms in total. The highest BCUT2D eigenvalue weighted by Crippen LogP contribution is 2.24. The van der Waals surface area contributed by atoms with Crippen molar-refractivity contribution in [3.63, 3.8) is 0 Å². The zero-order valence-electron chi connectivity index (χ0n) is 7.10. The van der Waals surface area contributed by atoms with Gasteiger partial charge < -0.3 is 10.5 Å². The van der Waals surface area contributed by atoms with Gasteiger partial charge in [-0.2, -0.15) is 0 Å². The minimum absolute atomic E-state index is 0.425. The van der Waals surface area contributed by atoms with Crippen LogP contribution in [0.3, 0.4) is 0 Å². The Labute approximate surface area is 76.5 Å². The number of pyridine rings is 1. The first-order valence-electron chi connectivity index (χ1n) is 3.55. The lowest BCUT2D eigenvalue weighted by Gasteiger charge is -2.07. The smallest absolute Gasteiger partial charge is 0.0749 e. The van der Waals surface area contributed by atoms with Gasteiger partial charge in [0, 0.05) is 12.7 Å². The van der Waals surface area contributed by atoms with Crippen LogP contribution in [0.4, 0.5) is 5.69 Å². The van der Waals surface area contributed by atoms with Crippen LogP contribution in [0.1, 0.15) is 11.3 Å². The normalized spacial score (nSPS) is 10.2. The van der Waals surface area contributed by atoms with Crippen molar-refractivity contribution in [2.75, 3.05) is 12.8 Å². The lowest BCUT2D eigenvalue weighted by molar-refractivity contribution is 0.185. The molecule has 4 heteroatoms. The van der Waals surface area contributed by atoms with Crippen molar-refractivity contribution in [3.05, 3.63) is 22.5 Å². The first-order chi connectivity index (χ1) is 5.66. The van der Waals surface area contributed by atoms with Crippen LogP contribution in [-0.4, -0.2) is 12.1 Å². The Morgan fingerprint density at radius 3 is 2.92 bits per heavy atom. The molecule has 66 valence electrons. The summed E-state index contributed by atoms with van der Waals surface area (Å²) in [7, 11) is 1.60. The molecular weight excluding hydrogens is 176 g/mol. The van der Waals surface area contributed by atoms with Gasteiger partial charge in [0.15, 0.2) is 0 Å². The SMILES string of the molecule is COCc1c(N)cnc(C)c1Cl. The fourth-order valence-corrected chi connectivity index (χ4v) is 1.15. The van der Waals surface area contributed by atoms with Crippen LogP contribution < -0.4 is 5.73 Å². The number of hydrogen-bond acceptors (Lipinski definition) is 3. The van der Waals surface area contributed by atoms with Crippen LogP contribution in [-0.2, 0) is 11.3 Å². The number of nitrogen functional groups attached to an aromatic ring is 1. The topological polar surface area (TPSA) is 48.1 Å². The Balaban J connectivity index is 3.14. The monoisotopic (exact) mass is 186 g/mol. The maximum absolute atomic E-state index is 5.95. The fourth-order valence-electron chi connectivity index (χ4n) is 0.937. The van der Waals surface area contributed by atoms with Crippen molar-refractivity contribution < 1.29 is 4.74 Å². The summed E-state index contributed by atoms with van der Waals surface area (Å²) in [4.78, 5) is 4.01. The Morgan fingerprint density at radius 1 is 1.67 bits per heavy atom. The van der Waals surface area contributed by atoms with Gasteiger partial charge in [0.1, 0.15) is 0 Å². The van der Waals surface area contributed by atoms with Crippen molar-refractivity contribution in [2.45, 2.75) is 13.5 Å². The molecule has 0 fully saturated rings. The number of aromatic nitrogens is 1. The van der Waals surface area contributed by atoms with E-state index in [0.717, 1.165) is 11.3 Å². The van der Waals surface area contributed by atoms with Crippen molar-refractivity contribution >= 4 is 17.3 Å². The van der Waals surface area contributed by atoms with E-state index in [1.807, 2.05) is 6.92 Å². The average Bonchev–Trinajstić information content (AvgIpc) is 2.06. The summed E-state index contributed by atoms with van der Waals surface area (Å²) < 4.78 is 4.95. The van der Waals surface area contributed by atoms with Crippen LogP contribution in [0.25, 0.3) is 0 Å². The van der Waals surface area contributed by atoms with Gasteiger partial charge in [-0.15, -0.1) is 0 Å². The Morgan fingerprint density at radius 2 is 2.33 bits per heavy atom. The number of hydrogen-bond donors (Lipinski definition) is 1. The maximum atomic E-state index is 5.95. The van der Waals surface area contributed by atoms with Crippen LogP contribution in [0.5, 0.6) is 0 Å². The summed E-state index contributed by atoms with van der Waals surface area (Å²) >= 11 is 5.95. The van der Waals surface area contributed by atoms with E-state index in [-0.39, 0.29) is 0 Å². The lowest BCUT2D eigenvalue weighted by atomic mass is 10.2. The molecular formula is C8H11ClN2O. The molecule has 0 saturated carbocycles. The molecule has 1 rings (SSSR count). The summed E-state index contributed by atoms with van der Waals surface area (Å²) in [6.07, 6.45) is 1.59. The average molecular weight is 187 g/mol. The predicted molar refractivity (Wildman–Crippen MR) is 49.1 cm³/mol. The van der Waals surface area contributed by atoms with E-state index in [9.17, 15) is 0 Å². The van der Waals surface area contributed by atoms with Crippen LogP contribution in [0.15, 0.2) is 6.20 Å². The quantitative estimate of drug-likeness (QED) is 0.766. The highest BCUT2D eigenvalue weighted by molar-refractivity contribution is 6.32. The number of rotatable bonds is 2. The van der Waals surface area contributed by atoms with Gasteiger partial charge in [-0.3, -0.25) is 4.98 Å². The Hall–Kier alpha value is -0.800. The second kappa shape index (κ2) is 3.74. The van der Waals surface area contributed by atoms with Crippen LogP contribution >= 0.6 is 11.6 Å². The predicted octanol–water partition coefficient (Wildman–Crippen LogP) is 1.77. The summed E-state index contributed by atoms with van der Waals surface area (Å²) in [6.45, 7) is 2.26. The van der Waals surface area contributed by atoms with Crippen molar-refractivity contribution in [1.29, 1.82) is 0 Å². The highest BCUT2D eigenvalue weighted by atomic mass is 35.5. The maximum Gasteiger partial charge on any atom is 0.0749 e. The minimum Gasteiger partial charge on any atom is -0.397 e. The number of anilines is 1. The first-order valence-corrected chi connectivity index (χ1v) is 3.93. The molecule has 0 aliphatic rings. The molecule has 0 atom stereocenters. The second-order valence-corrected chi connectivity index (χ2v) is 2.90. The van der Waals surface area contributed by atoms with E-state index in [0.29, 0.717) is 17.3 Å². The molecule has 1 aromatic heterocycles. The molecule has 0 saturated heterocycles. The zero-order valence-corrected chi connectivity index (χ0v) is 7.85. The molecule has 0 bridgehead atoms. The van der Waals surface area contributed by atoms with Crippen molar-refractivity contribution in [3.8, 4) is 0 Å². The number of nitrogens with zero attached hydrogens (tertiary/aromatic N) is 1. The van der Waals surface area contributed by atoms with E-state index < -0.39 is 0 Å². The van der Waals surface area contributed by atoms with Crippen LogP contribution in [0, 0.1) is 6.92 Å². The Bertz CT molecular complexity index is 289. The molecule has 0 radical (unpaired) electrons. The third-order valence-corrected chi connectivity index (χ3v) is 2.12. The van der Waals surface area contributed by atoms with E-state index >= 15 is 0 Å². The molecule has 0 unspecified atom stereocenters. The van der Waals surface area contributed by atoms with Gasteiger partial charge >= 0.3 is 0 Å². The number of halogens is 1. The largest absolute Gasteiger partial charge is 0.397 e. The first kappa shape index (κ1) is 9.29. The van der Waals surface area contributed by atoms with Gasteiger partial charge in [-0.1, -0.05) is 11.6 Å². The van der Waals surface area contributed by atoms with Gasteiger partial charge in [0.05, 0.1) is 29.2 Å².